The van der Waals surface area contributed by atoms with Crippen LogP contribution in [0.3, 0.4) is 0 Å². The molecular weight excluding hydrogens is 442 g/mol. The van der Waals surface area contributed by atoms with E-state index in [1.807, 2.05) is 25.1 Å². The first kappa shape index (κ1) is 20.4. The molecule has 0 aliphatic rings. The van der Waals surface area contributed by atoms with Gasteiger partial charge in [-0.05, 0) is 36.8 Å². The normalized spacial score (nSPS) is 10.8. The predicted octanol–water partition coefficient (Wildman–Crippen LogP) is 4.31. The van der Waals surface area contributed by atoms with Gasteiger partial charge in [-0.3, -0.25) is 14.2 Å². The first-order valence-corrected chi connectivity index (χ1v) is 10.6. The number of amides is 1. The Hall–Kier alpha value is -2.32. The fourth-order valence-corrected chi connectivity index (χ4v) is 3.92. The average Bonchev–Trinajstić information content (AvgIpc) is 2.69. The quantitative estimate of drug-likeness (QED) is 0.419. The molecule has 1 heterocycles. The van der Waals surface area contributed by atoms with Crippen LogP contribution in [0.25, 0.3) is 10.9 Å². The number of benzene rings is 2. The molecule has 6 nitrogen and oxygen atoms in total. The molecule has 0 saturated heterocycles. The molecule has 0 fully saturated rings. The Labute approximate surface area is 175 Å². The zero-order valence-corrected chi connectivity index (χ0v) is 18.0. The number of anilines is 1. The molecular formula is C20H20BrN3O3S. The van der Waals surface area contributed by atoms with Crippen LogP contribution in [0.2, 0.25) is 0 Å². The molecule has 0 bridgehead atoms. The van der Waals surface area contributed by atoms with Crippen LogP contribution in [-0.2, 0) is 11.3 Å². The molecule has 0 aliphatic carbocycles. The van der Waals surface area contributed by atoms with E-state index in [9.17, 15) is 9.59 Å². The van der Waals surface area contributed by atoms with E-state index in [4.69, 9.17) is 4.74 Å². The summed E-state index contributed by atoms with van der Waals surface area (Å²) in [5.41, 5.74) is 1.19. The van der Waals surface area contributed by atoms with E-state index in [-0.39, 0.29) is 17.2 Å². The highest BCUT2D eigenvalue weighted by Crippen LogP contribution is 2.22. The summed E-state index contributed by atoms with van der Waals surface area (Å²) in [6, 6.07) is 12.6. The highest BCUT2D eigenvalue weighted by molar-refractivity contribution is 9.10. The zero-order valence-electron chi connectivity index (χ0n) is 15.6. The SMILES string of the molecule is CCCn1c(SCC(=O)Nc2cccc(OC)c2)nc2ccc(Br)cc2c1=O. The van der Waals surface area contributed by atoms with Gasteiger partial charge in [-0.2, -0.15) is 0 Å². The number of hydrogen-bond donors (Lipinski definition) is 1. The van der Waals surface area contributed by atoms with Crippen LogP contribution in [0.5, 0.6) is 5.75 Å². The van der Waals surface area contributed by atoms with Gasteiger partial charge in [0.2, 0.25) is 5.91 Å². The number of halogens is 1. The highest BCUT2D eigenvalue weighted by atomic mass is 79.9. The third kappa shape index (κ3) is 4.74. The Bertz CT molecular complexity index is 1070. The second-order valence-corrected chi connectivity index (χ2v) is 7.94. The van der Waals surface area contributed by atoms with Gasteiger partial charge in [-0.25, -0.2) is 4.98 Å². The summed E-state index contributed by atoms with van der Waals surface area (Å²) in [4.78, 5) is 29.8. The summed E-state index contributed by atoms with van der Waals surface area (Å²) >= 11 is 4.65. The van der Waals surface area contributed by atoms with Crippen molar-refractivity contribution >= 4 is 50.2 Å². The molecule has 28 heavy (non-hydrogen) atoms. The third-order valence-corrected chi connectivity index (χ3v) is 5.48. The van der Waals surface area contributed by atoms with Crippen molar-refractivity contribution in [1.82, 2.24) is 9.55 Å². The second kappa shape index (κ2) is 9.25. The van der Waals surface area contributed by atoms with Crippen LogP contribution in [0.1, 0.15) is 13.3 Å². The minimum absolute atomic E-state index is 0.0937. The van der Waals surface area contributed by atoms with Gasteiger partial charge in [0.1, 0.15) is 5.75 Å². The number of nitrogens with one attached hydrogen (secondary N) is 1. The van der Waals surface area contributed by atoms with Gasteiger partial charge in [-0.15, -0.1) is 0 Å². The number of carbonyl (C=O) groups excluding carboxylic acids is 1. The molecule has 3 aromatic rings. The summed E-state index contributed by atoms with van der Waals surface area (Å²) in [5, 5.41) is 3.94. The lowest BCUT2D eigenvalue weighted by Gasteiger charge is -2.12. The van der Waals surface area contributed by atoms with Crippen LogP contribution in [0.15, 0.2) is 56.9 Å². The molecule has 3 rings (SSSR count). The summed E-state index contributed by atoms with van der Waals surface area (Å²) in [5.74, 6) is 0.645. The van der Waals surface area contributed by atoms with Gasteiger partial charge in [-0.1, -0.05) is 40.7 Å². The van der Waals surface area contributed by atoms with Crippen molar-refractivity contribution in [2.24, 2.45) is 0 Å². The molecule has 0 unspecified atom stereocenters. The van der Waals surface area contributed by atoms with E-state index in [2.05, 4.69) is 26.2 Å². The van der Waals surface area contributed by atoms with Crippen molar-refractivity contribution in [1.29, 1.82) is 0 Å². The van der Waals surface area contributed by atoms with Crippen molar-refractivity contribution in [2.45, 2.75) is 25.0 Å². The number of carbonyl (C=O) groups is 1. The molecule has 0 aliphatic heterocycles. The molecule has 0 radical (unpaired) electrons. The van der Waals surface area contributed by atoms with E-state index in [0.717, 1.165) is 10.9 Å². The molecule has 2 aromatic carbocycles. The smallest absolute Gasteiger partial charge is 0.262 e. The number of thioether (sulfide) groups is 1. The number of aromatic nitrogens is 2. The van der Waals surface area contributed by atoms with Crippen molar-refractivity contribution in [2.75, 3.05) is 18.2 Å². The van der Waals surface area contributed by atoms with E-state index in [0.29, 0.717) is 34.0 Å². The molecule has 1 amide bonds. The van der Waals surface area contributed by atoms with Crippen molar-refractivity contribution in [3.05, 3.63) is 57.3 Å². The van der Waals surface area contributed by atoms with Gasteiger partial charge in [0, 0.05) is 22.8 Å². The Kier molecular flexibility index (Phi) is 6.74. The third-order valence-electron chi connectivity index (χ3n) is 4.01. The maximum Gasteiger partial charge on any atom is 0.262 e. The molecule has 0 atom stereocenters. The number of rotatable bonds is 7. The van der Waals surface area contributed by atoms with Gasteiger partial charge in [0.15, 0.2) is 5.16 Å². The Balaban J connectivity index is 1.81. The van der Waals surface area contributed by atoms with Crippen molar-refractivity contribution < 1.29 is 9.53 Å². The lowest BCUT2D eigenvalue weighted by Crippen LogP contribution is -2.24. The Morgan fingerprint density at radius 1 is 1.29 bits per heavy atom. The van der Waals surface area contributed by atoms with Crippen LogP contribution in [0.4, 0.5) is 5.69 Å². The van der Waals surface area contributed by atoms with E-state index in [1.165, 1.54) is 11.8 Å². The van der Waals surface area contributed by atoms with E-state index >= 15 is 0 Å². The molecule has 1 N–H and O–H groups in total. The highest BCUT2D eigenvalue weighted by Gasteiger charge is 2.13. The van der Waals surface area contributed by atoms with Crippen LogP contribution in [0, 0.1) is 0 Å². The summed E-state index contributed by atoms with van der Waals surface area (Å²) in [6.07, 6.45) is 0.796. The van der Waals surface area contributed by atoms with E-state index in [1.54, 1.807) is 35.9 Å². The minimum Gasteiger partial charge on any atom is -0.497 e. The predicted molar refractivity (Wildman–Crippen MR) is 116 cm³/mol. The van der Waals surface area contributed by atoms with Crippen molar-refractivity contribution in [3.8, 4) is 5.75 Å². The second-order valence-electron chi connectivity index (χ2n) is 6.08. The summed E-state index contributed by atoms with van der Waals surface area (Å²) < 4.78 is 7.63. The summed E-state index contributed by atoms with van der Waals surface area (Å²) in [6.45, 7) is 2.55. The lowest BCUT2D eigenvalue weighted by molar-refractivity contribution is -0.113. The average molecular weight is 462 g/mol. The van der Waals surface area contributed by atoms with Crippen LogP contribution >= 0.6 is 27.7 Å². The fourth-order valence-electron chi connectivity index (χ4n) is 2.73. The topological polar surface area (TPSA) is 73.2 Å². The molecule has 146 valence electrons. The van der Waals surface area contributed by atoms with Crippen LogP contribution in [-0.4, -0.2) is 28.3 Å². The van der Waals surface area contributed by atoms with Gasteiger partial charge >= 0.3 is 0 Å². The molecule has 0 saturated carbocycles. The number of nitrogens with zero attached hydrogens (tertiary/aromatic N) is 2. The first-order valence-electron chi connectivity index (χ1n) is 8.78. The van der Waals surface area contributed by atoms with Gasteiger partial charge < -0.3 is 10.1 Å². The Morgan fingerprint density at radius 2 is 2.11 bits per heavy atom. The molecule has 8 heteroatoms. The maximum absolute atomic E-state index is 12.9. The molecule has 0 spiro atoms. The van der Waals surface area contributed by atoms with Crippen molar-refractivity contribution in [3.63, 3.8) is 0 Å². The minimum atomic E-state index is -0.175. The van der Waals surface area contributed by atoms with Gasteiger partial charge in [0.25, 0.3) is 5.56 Å². The standard InChI is InChI=1S/C20H20BrN3O3S/c1-3-9-24-19(26)16-10-13(21)7-8-17(16)23-20(24)28-12-18(25)22-14-5-4-6-15(11-14)27-2/h4-8,10-11H,3,9,12H2,1-2H3,(H,22,25). The monoisotopic (exact) mass is 461 g/mol. The largest absolute Gasteiger partial charge is 0.497 e. The van der Waals surface area contributed by atoms with Crippen LogP contribution < -0.4 is 15.6 Å². The summed E-state index contributed by atoms with van der Waals surface area (Å²) in [7, 11) is 1.58. The lowest BCUT2D eigenvalue weighted by atomic mass is 10.2. The number of ether oxygens (including phenoxy) is 1. The fraction of sp³-hybridized carbons (Fsp3) is 0.250. The maximum atomic E-state index is 12.9. The Morgan fingerprint density at radius 3 is 2.86 bits per heavy atom. The van der Waals surface area contributed by atoms with E-state index < -0.39 is 0 Å². The molecule has 1 aromatic heterocycles. The first-order chi connectivity index (χ1) is 13.5. The van der Waals surface area contributed by atoms with Gasteiger partial charge in [0.05, 0.1) is 23.8 Å². The number of hydrogen-bond acceptors (Lipinski definition) is 5. The number of fused-ring (bicyclic) bond motifs is 1. The zero-order chi connectivity index (χ0) is 20.1. The number of methoxy groups -OCH3 is 1.